The summed E-state index contributed by atoms with van der Waals surface area (Å²) in [5.74, 6) is 1.44. The smallest absolute Gasteiger partial charge is 0.141 e. The number of fused-ring (bicyclic) bond motifs is 1. The van der Waals surface area contributed by atoms with Gasteiger partial charge in [-0.3, -0.25) is 4.99 Å². The lowest BCUT2D eigenvalue weighted by Crippen LogP contribution is -2.17. The molecule has 1 aliphatic carbocycles. The summed E-state index contributed by atoms with van der Waals surface area (Å²) in [5.41, 5.74) is 7.28. The van der Waals surface area contributed by atoms with Gasteiger partial charge in [-0.25, -0.2) is 0 Å². The summed E-state index contributed by atoms with van der Waals surface area (Å²) < 4.78 is 11.1. The van der Waals surface area contributed by atoms with Crippen LogP contribution in [0.4, 0.5) is 5.69 Å². The number of aliphatic imine (C=N–C) groups is 1. The van der Waals surface area contributed by atoms with Crippen molar-refractivity contribution in [3.8, 4) is 11.1 Å². The standard InChI is InChI=1S/C21H24N2O3/c1-11-19(12(2)26-23-11)14-8-15-10-17(13-5-6-13)22-20(15)16(9-14)21(24)18-4-3-7-25-18/h8-9,13,18,21,24H,3-7,10H2,1-2H3. The normalized spacial score (nSPS) is 23.2. The number of aromatic nitrogens is 1. The fourth-order valence-electron chi connectivity index (χ4n) is 4.34. The Hall–Kier alpha value is -1.98. The molecule has 2 aromatic rings. The monoisotopic (exact) mass is 352 g/mol. The largest absolute Gasteiger partial charge is 0.386 e. The van der Waals surface area contributed by atoms with Gasteiger partial charge in [-0.1, -0.05) is 5.16 Å². The van der Waals surface area contributed by atoms with Crippen LogP contribution in [0.5, 0.6) is 0 Å². The minimum absolute atomic E-state index is 0.140. The Bertz CT molecular complexity index is 869. The molecule has 1 aromatic carbocycles. The summed E-state index contributed by atoms with van der Waals surface area (Å²) >= 11 is 0. The van der Waals surface area contributed by atoms with Crippen molar-refractivity contribution in [2.45, 2.75) is 58.2 Å². The zero-order valence-electron chi connectivity index (χ0n) is 15.3. The number of aliphatic hydroxyl groups is 1. The van der Waals surface area contributed by atoms with Crippen molar-refractivity contribution in [3.05, 3.63) is 34.7 Å². The van der Waals surface area contributed by atoms with E-state index in [0.717, 1.165) is 59.7 Å². The van der Waals surface area contributed by atoms with Crippen LogP contribution in [-0.2, 0) is 11.2 Å². The molecule has 136 valence electrons. The predicted molar refractivity (Wildman–Crippen MR) is 98.9 cm³/mol. The maximum atomic E-state index is 11.1. The summed E-state index contributed by atoms with van der Waals surface area (Å²) in [7, 11) is 0. The Morgan fingerprint density at radius 3 is 2.69 bits per heavy atom. The van der Waals surface area contributed by atoms with Crippen LogP contribution >= 0.6 is 0 Å². The highest BCUT2D eigenvalue weighted by Crippen LogP contribution is 2.45. The highest BCUT2D eigenvalue weighted by molar-refractivity contribution is 5.98. The molecule has 0 radical (unpaired) electrons. The molecule has 5 heteroatoms. The van der Waals surface area contributed by atoms with Gasteiger partial charge in [0.2, 0.25) is 0 Å². The number of rotatable bonds is 4. The van der Waals surface area contributed by atoms with Crippen LogP contribution in [-0.4, -0.2) is 28.7 Å². The minimum Gasteiger partial charge on any atom is -0.386 e. The van der Waals surface area contributed by atoms with E-state index in [0.29, 0.717) is 5.92 Å². The molecule has 26 heavy (non-hydrogen) atoms. The van der Waals surface area contributed by atoms with Gasteiger partial charge in [0.25, 0.3) is 0 Å². The number of nitrogens with zero attached hydrogens (tertiary/aromatic N) is 2. The van der Waals surface area contributed by atoms with Crippen LogP contribution < -0.4 is 0 Å². The van der Waals surface area contributed by atoms with E-state index in [1.165, 1.54) is 24.1 Å². The Balaban J connectivity index is 1.62. The van der Waals surface area contributed by atoms with Crippen LogP contribution in [0, 0.1) is 19.8 Å². The molecule has 1 N–H and O–H groups in total. The minimum atomic E-state index is -0.644. The van der Waals surface area contributed by atoms with Gasteiger partial charge in [-0.2, -0.15) is 0 Å². The first-order valence-electron chi connectivity index (χ1n) is 9.59. The molecular weight excluding hydrogens is 328 g/mol. The van der Waals surface area contributed by atoms with Crippen molar-refractivity contribution in [3.63, 3.8) is 0 Å². The van der Waals surface area contributed by atoms with Crippen LogP contribution in [0.1, 0.15) is 54.4 Å². The molecule has 0 spiro atoms. The first-order chi connectivity index (χ1) is 12.6. The molecule has 1 saturated heterocycles. The molecule has 3 heterocycles. The molecule has 2 fully saturated rings. The van der Waals surface area contributed by atoms with E-state index in [4.69, 9.17) is 14.3 Å². The Kier molecular flexibility index (Phi) is 3.76. The molecule has 3 aliphatic rings. The van der Waals surface area contributed by atoms with Gasteiger partial charge in [0.15, 0.2) is 0 Å². The van der Waals surface area contributed by atoms with E-state index in [2.05, 4.69) is 17.3 Å². The quantitative estimate of drug-likeness (QED) is 0.895. The SMILES string of the molecule is Cc1noc(C)c1-c1cc2c(c(C(O)C3CCCO3)c1)N=C(C1CC1)C2. The van der Waals surface area contributed by atoms with Crippen molar-refractivity contribution >= 4 is 11.4 Å². The number of benzene rings is 1. The van der Waals surface area contributed by atoms with Gasteiger partial charge in [0, 0.05) is 29.9 Å². The molecular formula is C21H24N2O3. The van der Waals surface area contributed by atoms with Gasteiger partial charge in [-0.05, 0) is 68.7 Å². The molecule has 5 rings (SSSR count). The first kappa shape index (κ1) is 16.2. The van der Waals surface area contributed by atoms with Crippen LogP contribution in [0.25, 0.3) is 11.1 Å². The average molecular weight is 352 g/mol. The number of hydrogen-bond donors (Lipinski definition) is 1. The fourth-order valence-corrected chi connectivity index (χ4v) is 4.34. The molecule has 1 saturated carbocycles. The van der Waals surface area contributed by atoms with E-state index < -0.39 is 6.10 Å². The lowest BCUT2D eigenvalue weighted by Gasteiger charge is -2.20. The highest BCUT2D eigenvalue weighted by atomic mass is 16.5. The maximum Gasteiger partial charge on any atom is 0.141 e. The second-order valence-electron chi connectivity index (χ2n) is 7.82. The number of hydrogen-bond acceptors (Lipinski definition) is 5. The number of ether oxygens (including phenoxy) is 1. The third-order valence-electron chi connectivity index (χ3n) is 5.85. The van der Waals surface area contributed by atoms with Crippen molar-refractivity contribution < 1.29 is 14.4 Å². The zero-order valence-corrected chi connectivity index (χ0v) is 15.3. The lowest BCUT2D eigenvalue weighted by molar-refractivity contribution is -0.00227. The van der Waals surface area contributed by atoms with Crippen LogP contribution in [0.3, 0.4) is 0 Å². The first-order valence-corrected chi connectivity index (χ1v) is 9.59. The third kappa shape index (κ3) is 2.61. The van der Waals surface area contributed by atoms with Gasteiger partial charge in [0.1, 0.15) is 11.9 Å². The molecule has 0 amide bonds. The third-order valence-corrected chi connectivity index (χ3v) is 5.85. The molecule has 5 nitrogen and oxygen atoms in total. The molecule has 2 aliphatic heterocycles. The zero-order chi connectivity index (χ0) is 17.8. The Labute approximate surface area is 153 Å². The molecule has 2 unspecified atom stereocenters. The summed E-state index contributed by atoms with van der Waals surface area (Å²) in [6.07, 6.45) is 4.49. The van der Waals surface area contributed by atoms with E-state index in [9.17, 15) is 5.11 Å². The van der Waals surface area contributed by atoms with Crippen molar-refractivity contribution in [1.29, 1.82) is 0 Å². The summed E-state index contributed by atoms with van der Waals surface area (Å²) in [4.78, 5) is 4.94. The Morgan fingerprint density at radius 1 is 1.19 bits per heavy atom. The average Bonchev–Trinajstić information content (AvgIpc) is 3.04. The van der Waals surface area contributed by atoms with E-state index in [1.807, 2.05) is 13.8 Å². The van der Waals surface area contributed by atoms with Crippen LogP contribution in [0.2, 0.25) is 0 Å². The maximum absolute atomic E-state index is 11.1. The van der Waals surface area contributed by atoms with E-state index in [-0.39, 0.29) is 6.10 Å². The van der Waals surface area contributed by atoms with E-state index in [1.54, 1.807) is 0 Å². The lowest BCUT2D eigenvalue weighted by atomic mass is 9.91. The summed E-state index contributed by atoms with van der Waals surface area (Å²) in [5, 5.41) is 15.2. The van der Waals surface area contributed by atoms with Crippen molar-refractivity contribution in [1.82, 2.24) is 5.16 Å². The molecule has 2 atom stereocenters. The van der Waals surface area contributed by atoms with Gasteiger partial charge in [-0.15, -0.1) is 0 Å². The number of aryl methyl sites for hydroxylation is 2. The van der Waals surface area contributed by atoms with Crippen molar-refractivity contribution in [2.24, 2.45) is 10.9 Å². The highest BCUT2D eigenvalue weighted by Gasteiger charge is 2.35. The van der Waals surface area contributed by atoms with Crippen molar-refractivity contribution in [2.75, 3.05) is 6.61 Å². The van der Waals surface area contributed by atoms with E-state index >= 15 is 0 Å². The van der Waals surface area contributed by atoms with Gasteiger partial charge < -0.3 is 14.4 Å². The second kappa shape index (κ2) is 6.03. The topological polar surface area (TPSA) is 67.9 Å². The van der Waals surface area contributed by atoms with Gasteiger partial charge in [0.05, 0.1) is 17.5 Å². The van der Waals surface area contributed by atoms with Crippen LogP contribution in [0.15, 0.2) is 21.6 Å². The molecule has 0 bridgehead atoms. The molecule has 1 aromatic heterocycles. The second-order valence-corrected chi connectivity index (χ2v) is 7.82. The predicted octanol–water partition coefficient (Wildman–Crippen LogP) is 4.21. The Morgan fingerprint density at radius 2 is 2.04 bits per heavy atom. The fraction of sp³-hybridized carbons (Fsp3) is 0.524. The summed E-state index contributed by atoms with van der Waals surface area (Å²) in [6, 6.07) is 4.27. The summed E-state index contributed by atoms with van der Waals surface area (Å²) in [6.45, 7) is 4.62. The van der Waals surface area contributed by atoms with Gasteiger partial charge >= 0.3 is 0 Å². The number of aliphatic hydroxyl groups excluding tert-OH is 1.